The molecule has 5 nitrogen and oxygen atoms in total. The van der Waals surface area contributed by atoms with Gasteiger partial charge in [0.2, 0.25) is 0 Å². The Morgan fingerprint density at radius 2 is 1.36 bits per heavy atom. The summed E-state index contributed by atoms with van der Waals surface area (Å²) in [6, 6.07) is 7.21. The van der Waals surface area contributed by atoms with Crippen LogP contribution < -0.4 is 5.32 Å². The molecule has 0 atom stereocenters. The minimum absolute atomic E-state index is 0. The number of aromatic nitrogens is 4. The molecule has 2 rings (SSSR count). The fourth-order valence-corrected chi connectivity index (χ4v) is 0.868. The van der Waals surface area contributed by atoms with Crippen LogP contribution in [0.1, 0.15) is 0 Å². The predicted octanol–water partition coefficient (Wildman–Crippen LogP) is 0.629. The fraction of sp³-hybridized carbons (Fsp3) is 0. The zero-order chi connectivity index (χ0) is 8.93. The van der Waals surface area contributed by atoms with Crippen LogP contribution in [0.4, 0.5) is 11.6 Å². The summed E-state index contributed by atoms with van der Waals surface area (Å²) in [5.74, 6) is 1.31. The molecule has 0 aliphatic carbocycles. The minimum Gasteiger partial charge on any atom is -0.322 e. The lowest BCUT2D eigenvalue weighted by Crippen LogP contribution is -1.96. The third-order valence-electron chi connectivity index (χ3n) is 1.40. The van der Waals surface area contributed by atoms with Crippen LogP contribution in [0.25, 0.3) is 0 Å². The van der Waals surface area contributed by atoms with E-state index in [1.54, 1.807) is 24.5 Å². The number of nitrogens with one attached hydrogen (secondary N) is 1. The molecule has 0 fully saturated rings. The van der Waals surface area contributed by atoms with Crippen LogP contribution in [-0.2, 0) is 0 Å². The first kappa shape index (κ1) is 10.1. The van der Waals surface area contributed by atoms with Crippen LogP contribution in [0.3, 0.4) is 0 Å². The summed E-state index contributed by atoms with van der Waals surface area (Å²) in [6.45, 7) is 0. The van der Waals surface area contributed by atoms with Crippen LogP contribution in [-0.4, -0.2) is 28.8 Å². The Hall–Kier alpha value is -1.98. The second kappa shape index (κ2) is 4.91. The van der Waals surface area contributed by atoms with Crippen molar-refractivity contribution in [1.82, 2.24) is 20.4 Å². The zero-order valence-electron chi connectivity index (χ0n) is 7.33. The molecule has 0 aliphatic rings. The highest BCUT2D eigenvalue weighted by molar-refractivity contribution is 5.75. The van der Waals surface area contributed by atoms with E-state index in [4.69, 9.17) is 0 Å². The van der Waals surface area contributed by atoms with Gasteiger partial charge in [-0.05, 0) is 24.3 Å². The molecule has 3 radical (unpaired) electrons. The third kappa shape index (κ3) is 2.51. The van der Waals surface area contributed by atoms with E-state index in [0.29, 0.717) is 11.6 Å². The number of hydrogen-bond donors (Lipinski definition) is 1. The van der Waals surface area contributed by atoms with Gasteiger partial charge < -0.3 is 5.32 Å². The molecule has 0 aliphatic heterocycles. The van der Waals surface area contributed by atoms with Gasteiger partial charge in [-0.2, -0.15) is 10.2 Å². The molecule has 1 N–H and O–H groups in total. The zero-order valence-corrected chi connectivity index (χ0v) is 7.33. The van der Waals surface area contributed by atoms with E-state index in [-0.39, 0.29) is 8.41 Å². The van der Waals surface area contributed by atoms with Crippen LogP contribution in [0.15, 0.2) is 36.7 Å². The van der Waals surface area contributed by atoms with E-state index >= 15 is 0 Å². The number of nitrogens with zero attached hydrogens (tertiary/aromatic N) is 4. The second-order valence-electron chi connectivity index (χ2n) is 2.34. The lowest BCUT2D eigenvalue weighted by molar-refractivity contribution is 1.01. The molecule has 2 aromatic rings. The van der Waals surface area contributed by atoms with Gasteiger partial charge in [-0.1, -0.05) is 0 Å². The molecule has 0 saturated carbocycles. The molecule has 14 heavy (non-hydrogen) atoms. The molecule has 2 aromatic heterocycles. The number of anilines is 2. The largest absolute Gasteiger partial charge is 0.322 e. The van der Waals surface area contributed by atoms with Gasteiger partial charge in [0.05, 0.1) is 0 Å². The molecule has 0 amide bonds. The van der Waals surface area contributed by atoms with Crippen LogP contribution in [0.5, 0.6) is 0 Å². The highest BCUT2D eigenvalue weighted by atomic mass is 15.2. The molecule has 6 heteroatoms. The topological polar surface area (TPSA) is 63.6 Å². The predicted molar refractivity (Wildman–Crippen MR) is 53.1 cm³/mol. The van der Waals surface area contributed by atoms with Crippen molar-refractivity contribution < 1.29 is 0 Å². The first-order valence-corrected chi connectivity index (χ1v) is 3.77. The maximum Gasteiger partial charge on any atom is 0.154 e. The van der Waals surface area contributed by atoms with Crippen LogP contribution in [0, 0.1) is 0 Å². The first-order chi connectivity index (χ1) is 6.45. The van der Waals surface area contributed by atoms with Gasteiger partial charge in [0.25, 0.3) is 0 Å². The average molecular weight is 184 g/mol. The van der Waals surface area contributed by atoms with Crippen molar-refractivity contribution in [3.05, 3.63) is 36.7 Å². The standard InChI is InChI=1S/C8H7N5.B/c1-3-7(12-9-5-1)11-8-4-2-6-10-13-8;/h1-6H,(H,11,12,13);. The summed E-state index contributed by atoms with van der Waals surface area (Å²) >= 11 is 0. The van der Waals surface area contributed by atoms with Gasteiger partial charge in [-0.3, -0.25) is 0 Å². The van der Waals surface area contributed by atoms with E-state index in [2.05, 4.69) is 25.7 Å². The van der Waals surface area contributed by atoms with Gasteiger partial charge >= 0.3 is 0 Å². The lowest BCUT2D eigenvalue weighted by atomic mass is 10.5. The summed E-state index contributed by atoms with van der Waals surface area (Å²) in [7, 11) is 0. The van der Waals surface area contributed by atoms with Crippen molar-refractivity contribution in [3.8, 4) is 0 Å². The lowest BCUT2D eigenvalue weighted by Gasteiger charge is -2.00. The summed E-state index contributed by atoms with van der Waals surface area (Å²) in [4.78, 5) is 0. The fourth-order valence-electron chi connectivity index (χ4n) is 0.868. The molecule has 0 spiro atoms. The highest BCUT2D eigenvalue weighted by Crippen LogP contribution is 2.07. The van der Waals surface area contributed by atoms with Crippen molar-refractivity contribution >= 4 is 20.0 Å². The van der Waals surface area contributed by atoms with Gasteiger partial charge in [0, 0.05) is 20.8 Å². The number of rotatable bonds is 2. The van der Waals surface area contributed by atoms with Gasteiger partial charge in [0.1, 0.15) is 0 Å². The second-order valence-corrected chi connectivity index (χ2v) is 2.34. The summed E-state index contributed by atoms with van der Waals surface area (Å²) in [5, 5.41) is 18.1. The smallest absolute Gasteiger partial charge is 0.154 e. The molecular weight excluding hydrogens is 177 g/mol. The van der Waals surface area contributed by atoms with E-state index < -0.39 is 0 Å². The minimum atomic E-state index is 0. The monoisotopic (exact) mass is 184 g/mol. The first-order valence-electron chi connectivity index (χ1n) is 3.77. The van der Waals surface area contributed by atoms with E-state index in [1.807, 2.05) is 12.1 Å². The Balaban J connectivity index is 0.000000980. The van der Waals surface area contributed by atoms with E-state index in [1.165, 1.54) is 0 Å². The molecule has 0 saturated heterocycles. The quantitative estimate of drug-likeness (QED) is 0.693. The van der Waals surface area contributed by atoms with Crippen LogP contribution >= 0.6 is 0 Å². The van der Waals surface area contributed by atoms with Crippen molar-refractivity contribution in [2.24, 2.45) is 0 Å². The maximum atomic E-state index is 3.85. The molecule has 0 unspecified atom stereocenters. The van der Waals surface area contributed by atoms with E-state index in [9.17, 15) is 0 Å². The molecule has 2 heterocycles. The van der Waals surface area contributed by atoms with Crippen molar-refractivity contribution in [2.45, 2.75) is 0 Å². The number of hydrogen-bond acceptors (Lipinski definition) is 5. The molecule has 67 valence electrons. The SMILES string of the molecule is [B].c1cnnc(Nc2cccnn2)c1. The Morgan fingerprint density at radius 1 is 0.857 bits per heavy atom. The molecular formula is C8H7BN5. The summed E-state index contributed by atoms with van der Waals surface area (Å²) in [6.07, 6.45) is 3.23. The van der Waals surface area contributed by atoms with Crippen molar-refractivity contribution in [2.75, 3.05) is 5.32 Å². The average Bonchev–Trinajstić information content (AvgIpc) is 2.21. The van der Waals surface area contributed by atoms with Gasteiger partial charge in [-0.25, -0.2) is 0 Å². The molecule has 0 aromatic carbocycles. The Bertz CT molecular complexity index is 329. The van der Waals surface area contributed by atoms with E-state index in [0.717, 1.165) is 0 Å². The maximum absolute atomic E-state index is 3.85. The Morgan fingerprint density at radius 3 is 1.71 bits per heavy atom. The highest BCUT2D eigenvalue weighted by Gasteiger charge is 1.94. The third-order valence-corrected chi connectivity index (χ3v) is 1.40. The van der Waals surface area contributed by atoms with Gasteiger partial charge in [-0.15, -0.1) is 10.2 Å². The summed E-state index contributed by atoms with van der Waals surface area (Å²) in [5.41, 5.74) is 0. The van der Waals surface area contributed by atoms with Crippen molar-refractivity contribution in [1.29, 1.82) is 0 Å². The normalized spacial score (nSPS) is 8.86. The van der Waals surface area contributed by atoms with Crippen LogP contribution in [0.2, 0.25) is 0 Å². The Kier molecular flexibility index (Phi) is 3.54. The molecule has 0 bridgehead atoms. The van der Waals surface area contributed by atoms with Gasteiger partial charge in [0.15, 0.2) is 11.6 Å². The Labute approximate surface area is 83.2 Å². The summed E-state index contributed by atoms with van der Waals surface area (Å²) < 4.78 is 0. The van der Waals surface area contributed by atoms with Crippen molar-refractivity contribution in [3.63, 3.8) is 0 Å².